The number of hydrogen-bond donors (Lipinski definition) is 0. The first-order chi connectivity index (χ1) is 9.79. The van der Waals surface area contributed by atoms with E-state index in [-0.39, 0.29) is 5.92 Å². The molecule has 1 aliphatic carbocycles. The van der Waals surface area contributed by atoms with Crippen LogP contribution in [0.25, 0.3) is 0 Å². The van der Waals surface area contributed by atoms with Gasteiger partial charge in [0.25, 0.3) is 0 Å². The third kappa shape index (κ3) is 2.40. The molecule has 1 aliphatic rings. The molecule has 1 aromatic carbocycles. The lowest BCUT2D eigenvalue weighted by Crippen LogP contribution is -2.21. The summed E-state index contributed by atoms with van der Waals surface area (Å²) < 4.78 is 2.05. The molecular formula is C17H20N2O. The van der Waals surface area contributed by atoms with E-state index in [0.29, 0.717) is 12.2 Å². The van der Waals surface area contributed by atoms with Crippen molar-refractivity contribution in [3.05, 3.63) is 53.6 Å². The second-order valence-corrected chi connectivity index (χ2v) is 5.42. The number of rotatable bonds is 4. The molecule has 1 atom stereocenters. The minimum atomic E-state index is 0.0574. The lowest BCUT2D eigenvalue weighted by molar-refractivity contribution is -0.120. The van der Waals surface area contributed by atoms with Crippen molar-refractivity contribution in [1.29, 1.82) is 0 Å². The van der Waals surface area contributed by atoms with Crippen LogP contribution in [0.3, 0.4) is 0 Å². The van der Waals surface area contributed by atoms with Crippen molar-refractivity contribution < 1.29 is 4.79 Å². The van der Waals surface area contributed by atoms with E-state index in [9.17, 15) is 4.79 Å². The van der Waals surface area contributed by atoms with Gasteiger partial charge in [-0.05, 0) is 37.3 Å². The fourth-order valence-corrected chi connectivity index (χ4v) is 3.16. The molecule has 0 fully saturated rings. The Morgan fingerprint density at radius 1 is 1.40 bits per heavy atom. The van der Waals surface area contributed by atoms with Gasteiger partial charge in [-0.2, -0.15) is 0 Å². The number of carbonyl (C=O) groups excluding carboxylic acids is 1. The van der Waals surface area contributed by atoms with Gasteiger partial charge in [0, 0.05) is 24.9 Å². The van der Waals surface area contributed by atoms with Crippen molar-refractivity contribution in [2.75, 3.05) is 0 Å². The molecule has 1 unspecified atom stereocenters. The fraction of sp³-hybridized carbons (Fsp3) is 0.412. The molecule has 3 nitrogen and oxygen atoms in total. The summed E-state index contributed by atoms with van der Waals surface area (Å²) in [4.78, 5) is 17.0. The van der Waals surface area contributed by atoms with E-state index in [4.69, 9.17) is 0 Å². The molecule has 20 heavy (non-hydrogen) atoms. The van der Waals surface area contributed by atoms with Gasteiger partial charge >= 0.3 is 0 Å². The molecule has 1 aromatic heterocycles. The van der Waals surface area contributed by atoms with Crippen molar-refractivity contribution >= 4 is 5.78 Å². The van der Waals surface area contributed by atoms with Crippen LogP contribution >= 0.6 is 0 Å². The number of Topliss-reactive ketones (excluding diaryl/α,β-unsaturated/α-hetero) is 1. The Labute approximate surface area is 119 Å². The van der Waals surface area contributed by atoms with Gasteiger partial charge in [0.1, 0.15) is 11.6 Å². The van der Waals surface area contributed by atoms with Crippen LogP contribution in [0.4, 0.5) is 0 Å². The van der Waals surface area contributed by atoms with Gasteiger partial charge in [0.05, 0.1) is 6.42 Å². The minimum Gasteiger partial charge on any atom is -0.335 e. The van der Waals surface area contributed by atoms with Gasteiger partial charge in [-0.25, -0.2) is 4.98 Å². The third-order valence-electron chi connectivity index (χ3n) is 4.23. The number of carbonyl (C=O) groups is 1. The van der Waals surface area contributed by atoms with E-state index in [2.05, 4.69) is 30.1 Å². The molecule has 0 amide bonds. The molecule has 0 N–H and O–H groups in total. The summed E-state index contributed by atoms with van der Waals surface area (Å²) >= 11 is 0. The second kappa shape index (κ2) is 5.61. The van der Waals surface area contributed by atoms with Crippen molar-refractivity contribution in [2.45, 2.75) is 45.1 Å². The molecule has 3 heteroatoms. The molecular weight excluding hydrogens is 248 g/mol. The third-order valence-corrected chi connectivity index (χ3v) is 4.23. The number of nitrogens with zero attached hydrogens (tertiary/aromatic N) is 2. The highest BCUT2D eigenvalue weighted by molar-refractivity contribution is 5.87. The smallest absolute Gasteiger partial charge is 0.147 e. The average Bonchev–Trinajstić information content (AvgIpc) is 2.93. The summed E-state index contributed by atoms with van der Waals surface area (Å²) in [5.41, 5.74) is 2.58. The number of benzene rings is 1. The van der Waals surface area contributed by atoms with Crippen LogP contribution in [0.2, 0.25) is 0 Å². The number of aromatic nitrogens is 2. The first-order valence-corrected chi connectivity index (χ1v) is 7.40. The lowest BCUT2D eigenvalue weighted by Gasteiger charge is -2.24. The van der Waals surface area contributed by atoms with Crippen LogP contribution in [0.1, 0.15) is 42.6 Å². The Morgan fingerprint density at radius 3 is 3.10 bits per heavy atom. The number of ketones is 1. The average molecular weight is 268 g/mol. The normalized spacial score (nSPS) is 17.8. The van der Waals surface area contributed by atoms with E-state index >= 15 is 0 Å². The van der Waals surface area contributed by atoms with Gasteiger partial charge < -0.3 is 4.57 Å². The Balaban J connectivity index is 1.82. The predicted octanol–water partition coefficient (Wildman–Crippen LogP) is 3.13. The maximum Gasteiger partial charge on any atom is 0.147 e. The van der Waals surface area contributed by atoms with Crippen molar-refractivity contribution in [1.82, 2.24) is 9.55 Å². The number of imidazole rings is 1. The summed E-state index contributed by atoms with van der Waals surface area (Å²) in [6.07, 6.45) is 7.35. The zero-order valence-corrected chi connectivity index (χ0v) is 11.9. The highest BCUT2D eigenvalue weighted by Crippen LogP contribution is 2.32. The van der Waals surface area contributed by atoms with E-state index in [1.54, 1.807) is 6.20 Å². The lowest BCUT2D eigenvalue weighted by atomic mass is 9.80. The SMILES string of the molecule is CCn1ccnc1CC(=O)C1CCCc2ccccc21. The molecule has 0 saturated carbocycles. The van der Waals surface area contributed by atoms with Crippen LogP contribution in [-0.4, -0.2) is 15.3 Å². The summed E-state index contributed by atoms with van der Waals surface area (Å²) in [6, 6.07) is 8.37. The summed E-state index contributed by atoms with van der Waals surface area (Å²) in [5.74, 6) is 1.25. The number of fused-ring (bicyclic) bond motifs is 1. The van der Waals surface area contributed by atoms with Gasteiger partial charge in [-0.1, -0.05) is 24.3 Å². The zero-order valence-electron chi connectivity index (χ0n) is 11.9. The monoisotopic (exact) mass is 268 g/mol. The summed E-state index contributed by atoms with van der Waals surface area (Å²) in [7, 11) is 0. The Kier molecular flexibility index (Phi) is 3.68. The Bertz CT molecular complexity index is 615. The van der Waals surface area contributed by atoms with Gasteiger partial charge in [-0.15, -0.1) is 0 Å². The first kappa shape index (κ1) is 13.1. The van der Waals surface area contributed by atoms with E-state index in [1.165, 1.54) is 11.1 Å². The van der Waals surface area contributed by atoms with Crippen molar-refractivity contribution in [3.63, 3.8) is 0 Å². The van der Waals surface area contributed by atoms with Gasteiger partial charge in [0.15, 0.2) is 0 Å². The molecule has 0 saturated heterocycles. The largest absolute Gasteiger partial charge is 0.335 e. The van der Waals surface area contributed by atoms with E-state index in [0.717, 1.165) is 31.6 Å². The van der Waals surface area contributed by atoms with E-state index in [1.807, 2.05) is 16.8 Å². The maximum absolute atomic E-state index is 12.6. The van der Waals surface area contributed by atoms with Crippen LogP contribution < -0.4 is 0 Å². The number of aryl methyl sites for hydroxylation is 2. The Morgan fingerprint density at radius 2 is 2.25 bits per heavy atom. The van der Waals surface area contributed by atoms with Crippen molar-refractivity contribution in [2.24, 2.45) is 0 Å². The molecule has 0 aliphatic heterocycles. The minimum absolute atomic E-state index is 0.0574. The summed E-state index contributed by atoms with van der Waals surface area (Å²) in [5, 5.41) is 0. The standard InChI is InChI=1S/C17H20N2O/c1-2-19-11-10-18-17(19)12-16(20)15-9-5-7-13-6-3-4-8-14(13)15/h3-4,6,8,10-11,15H,2,5,7,9,12H2,1H3. The summed E-state index contributed by atoms with van der Waals surface area (Å²) in [6.45, 7) is 2.94. The first-order valence-electron chi connectivity index (χ1n) is 7.40. The van der Waals surface area contributed by atoms with Crippen LogP contribution in [0.15, 0.2) is 36.7 Å². The molecule has 104 valence electrons. The van der Waals surface area contributed by atoms with Gasteiger partial charge in [-0.3, -0.25) is 4.79 Å². The fourth-order valence-electron chi connectivity index (χ4n) is 3.16. The molecule has 1 heterocycles. The van der Waals surface area contributed by atoms with Crippen LogP contribution in [0, 0.1) is 0 Å². The molecule has 0 spiro atoms. The Hall–Kier alpha value is -1.90. The van der Waals surface area contributed by atoms with E-state index < -0.39 is 0 Å². The zero-order chi connectivity index (χ0) is 13.9. The molecule has 2 aromatic rings. The second-order valence-electron chi connectivity index (χ2n) is 5.42. The highest BCUT2D eigenvalue weighted by Gasteiger charge is 2.26. The topological polar surface area (TPSA) is 34.9 Å². The van der Waals surface area contributed by atoms with Gasteiger partial charge in [0.2, 0.25) is 0 Å². The highest BCUT2D eigenvalue weighted by atomic mass is 16.1. The van der Waals surface area contributed by atoms with Crippen LogP contribution in [-0.2, 0) is 24.2 Å². The van der Waals surface area contributed by atoms with Crippen LogP contribution in [0.5, 0.6) is 0 Å². The predicted molar refractivity (Wildman–Crippen MR) is 78.7 cm³/mol. The quantitative estimate of drug-likeness (QED) is 0.854. The molecule has 0 radical (unpaired) electrons. The molecule has 3 rings (SSSR count). The van der Waals surface area contributed by atoms with Crippen molar-refractivity contribution in [3.8, 4) is 0 Å². The molecule has 0 bridgehead atoms. The maximum atomic E-state index is 12.6. The number of hydrogen-bond acceptors (Lipinski definition) is 2.